The van der Waals surface area contributed by atoms with Gasteiger partial charge in [-0.3, -0.25) is 4.98 Å². The third-order valence-corrected chi connectivity index (χ3v) is 3.35. The molecule has 0 aliphatic rings. The van der Waals surface area contributed by atoms with Gasteiger partial charge in [0.15, 0.2) is 0 Å². The molecule has 2 rings (SSSR count). The summed E-state index contributed by atoms with van der Waals surface area (Å²) in [6.45, 7) is 0. The van der Waals surface area contributed by atoms with Crippen LogP contribution in [0.5, 0.6) is 5.88 Å². The van der Waals surface area contributed by atoms with Crippen LogP contribution in [0.25, 0.3) is 0 Å². The summed E-state index contributed by atoms with van der Waals surface area (Å²) < 4.78 is 5.07. The van der Waals surface area contributed by atoms with Crippen LogP contribution in [-0.4, -0.2) is 22.2 Å². The lowest BCUT2D eigenvalue weighted by molar-refractivity contribution is 0.167. The van der Waals surface area contributed by atoms with E-state index in [1.54, 1.807) is 18.2 Å². The van der Waals surface area contributed by atoms with Crippen LogP contribution in [0.3, 0.4) is 0 Å². The first-order valence-corrected chi connectivity index (χ1v) is 6.34. The van der Waals surface area contributed by atoms with E-state index < -0.39 is 6.10 Å². The highest BCUT2D eigenvalue weighted by molar-refractivity contribution is 6.42. The lowest BCUT2D eigenvalue weighted by atomic mass is 10.1. The van der Waals surface area contributed by atoms with Gasteiger partial charge in [0.1, 0.15) is 11.8 Å². The van der Waals surface area contributed by atoms with E-state index in [0.717, 1.165) is 5.56 Å². The molecule has 0 saturated carbocycles. The summed E-state index contributed by atoms with van der Waals surface area (Å²) in [6, 6.07) is 5.22. The zero-order valence-corrected chi connectivity index (χ0v) is 11.7. The molecule has 0 aliphatic heterocycles. The van der Waals surface area contributed by atoms with Crippen LogP contribution in [0.1, 0.15) is 17.4 Å². The van der Waals surface area contributed by atoms with Crippen LogP contribution in [0.2, 0.25) is 10.0 Å². The van der Waals surface area contributed by atoms with Gasteiger partial charge in [0, 0.05) is 18.8 Å². The number of halogens is 2. The van der Waals surface area contributed by atoms with Crippen molar-refractivity contribution in [2.24, 2.45) is 0 Å². The molecular formula is C13H12Cl2N2O2. The predicted octanol–water partition coefficient (Wildman–Crippen LogP) is 3.07. The third-order valence-electron chi connectivity index (χ3n) is 2.61. The number of rotatable bonds is 4. The second-order valence-electron chi connectivity index (χ2n) is 3.92. The summed E-state index contributed by atoms with van der Waals surface area (Å²) in [5, 5.41) is 11.1. The standard InChI is InChI=1S/C13H12Cl2N2O2/c1-19-13-12(16-4-5-17-13)11(18)7-8-2-3-9(14)10(15)6-8/h2-6,11,18H,7H2,1H3. The van der Waals surface area contributed by atoms with Gasteiger partial charge in [-0.2, -0.15) is 0 Å². The van der Waals surface area contributed by atoms with Gasteiger partial charge in [-0.15, -0.1) is 0 Å². The molecule has 1 aromatic carbocycles. The second kappa shape index (κ2) is 6.19. The van der Waals surface area contributed by atoms with Crippen molar-refractivity contribution in [3.63, 3.8) is 0 Å². The lowest BCUT2D eigenvalue weighted by Crippen LogP contribution is -2.07. The third kappa shape index (κ3) is 3.35. The molecule has 0 radical (unpaired) electrons. The fourth-order valence-electron chi connectivity index (χ4n) is 1.71. The molecule has 19 heavy (non-hydrogen) atoms. The molecule has 1 heterocycles. The molecule has 0 spiro atoms. The Bertz CT molecular complexity index is 578. The lowest BCUT2D eigenvalue weighted by Gasteiger charge is -2.12. The summed E-state index contributed by atoms with van der Waals surface area (Å²) >= 11 is 11.8. The van der Waals surface area contributed by atoms with E-state index in [9.17, 15) is 5.11 Å². The van der Waals surface area contributed by atoms with E-state index in [1.807, 2.05) is 0 Å². The van der Waals surface area contributed by atoms with Crippen LogP contribution in [0, 0.1) is 0 Å². The predicted molar refractivity (Wildman–Crippen MR) is 73.7 cm³/mol. The van der Waals surface area contributed by atoms with Crippen molar-refractivity contribution in [2.75, 3.05) is 7.11 Å². The van der Waals surface area contributed by atoms with Crippen molar-refractivity contribution < 1.29 is 9.84 Å². The van der Waals surface area contributed by atoms with E-state index in [2.05, 4.69) is 9.97 Å². The van der Waals surface area contributed by atoms with Gasteiger partial charge in [0.05, 0.1) is 17.2 Å². The number of aromatic nitrogens is 2. The number of hydrogen-bond acceptors (Lipinski definition) is 4. The first kappa shape index (κ1) is 14.1. The normalized spacial score (nSPS) is 12.2. The topological polar surface area (TPSA) is 55.2 Å². The molecule has 1 unspecified atom stereocenters. The van der Waals surface area contributed by atoms with E-state index >= 15 is 0 Å². The number of nitrogens with zero attached hydrogens (tertiary/aromatic N) is 2. The Morgan fingerprint density at radius 1 is 1.21 bits per heavy atom. The van der Waals surface area contributed by atoms with Crippen molar-refractivity contribution in [1.29, 1.82) is 0 Å². The molecular weight excluding hydrogens is 287 g/mol. The van der Waals surface area contributed by atoms with Gasteiger partial charge < -0.3 is 9.84 Å². The van der Waals surface area contributed by atoms with Crippen molar-refractivity contribution in [3.05, 3.63) is 51.9 Å². The minimum absolute atomic E-state index is 0.315. The highest BCUT2D eigenvalue weighted by Crippen LogP contribution is 2.27. The Labute approximate surface area is 121 Å². The van der Waals surface area contributed by atoms with Gasteiger partial charge in [0.25, 0.3) is 0 Å². The summed E-state index contributed by atoms with van der Waals surface area (Å²) in [7, 11) is 1.49. The fraction of sp³-hybridized carbons (Fsp3) is 0.231. The molecule has 4 nitrogen and oxygen atoms in total. The monoisotopic (exact) mass is 298 g/mol. The van der Waals surface area contributed by atoms with E-state index in [-0.39, 0.29) is 0 Å². The molecule has 0 amide bonds. The Morgan fingerprint density at radius 3 is 2.63 bits per heavy atom. The summed E-state index contributed by atoms with van der Waals surface area (Å²) in [4.78, 5) is 8.09. The Balaban J connectivity index is 2.20. The largest absolute Gasteiger partial charge is 0.480 e. The molecule has 0 saturated heterocycles. The van der Waals surface area contributed by atoms with Crippen molar-refractivity contribution in [3.8, 4) is 5.88 Å². The van der Waals surface area contributed by atoms with Crippen molar-refractivity contribution in [1.82, 2.24) is 9.97 Å². The zero-order valence-electron chi connectivity index (χ0n) is 10.2. The average molecular weight is 299 g/mol. The number of aliphatic hydroxyl groups excluding tert-OH is 1. The molecule has 1 N–H and O–H groups in total. The maximum absolute atomic E-state index is 10.2. The zero-order chi connectivity index (χ0) is 13.8. The highest BCUT2D eigenvalue weighted by Gasteiger charge is 2.16. The first-order chi connectivity index (χ1) is 9.11. The van der Waals surface area contributed by atoms with E-state index in [0.29, 0.717) is 28.0 Å². The molecule has 2 aromatic rings. The fourth-order valence-corrected chi connectivity index (χ4v) is 2.03. The number of aliphatic hydroxyl groups is 1. The van der Waals surface area contributed by atoms with Gasteiger partial charge in [-0.05, 0) is 17.7 Å². The summed E-state index contributed by atoms with van der Waals surface area (Å²) in [6.07, 6.45) is 2.55. The molecule has 1 atom stereocenters. The SMILES string of the molecule is COc1nccnc1C(O)Cc1ccc(Cl)c(Cl)c1. The van der Waals surface area contributed by atoms with Gasteiger partial charge in [-0.25, -0.2) is 4.98 Å². The minimum atomic E-state index is -0.819. The quantitative estimate of drug-likeness (QED) is 0.942. The first-order valence-electron chi connectivity index (χ1n) is 5.58. The molecule has 0 aliphatic carbocycles. The van der Waals surface area contributed by atoms with Crippen molar-refractivity contribution in [2.45, 2.75) is 12.5 Å². The van der Waals surface area contributed by atoms with Crippen LogP contribution in [-0.2, 0) is 6.42 Å². The Hall–Kier alpha value is -1.36. The average Bonchev–Trinajstić information content (AvgIpc) is 2.43. The number of benzene rings is 1. The molecule has 1 aromatic heterocycles. The number of ether oxygens (including phenoxy) is 1. The Morgan fingerprint density at radius 2 is 1.95 bits per heavy atom. The van der Waals surface area contributed by atoms with Crippen molar-refractivity contribution >= 4 is 23.2 Å². The van der Waals surface area contributed by atoms with E-state index in [1.165, 1.54) is 19.5 Å². The van der Waals surface area contributed by atoms with Gasteiger partial charge in [0.2, 0.25) is 5.88 Å². The maximum Gasteiger partial charge on any atom is 0.238 e. The molecule has 0 fully saturated rings. The number of methoxy groups -OCH3 is 1. The van der Waals surface area contributed by atoms with Crippen LogP contribution < -0.4 is 4.74 Å². The van der Waals surface area contributed by atoms with Crippen LogP contribution in [0.15, 0.2) is 30.6 Å². The summed E-state index contributed by atoms with van der Waals surface area (Å²) in [5.74, 6) is 0.315. The van der Waals surface area contributed by atoms with Gasteiger partial charge in [-0.1, -0.05) is 29.3 Å². The molecule has 100 valence electrons. The van der Waals surface area contributed by atoms with Crippen LogP contribution >= 0.6 is 23.2 Å². The molecule has 0 bridgehead atoms. The maximum atomic E-state index is 10.2. The van der Waals surface area contributed by atoms with Crippen LogP contribution in [0.4, 0.5) is 0 Å². The van der Waals surface area contributed by atoms with E-state index in [4.69, 9.17) is 27.9 Å². The van der Waals surface area contributed by atoms with Gasteiger partial charge >= 0.3 is 0 Å². The minimum Gasteiger partial charge on any atom is -0.480 e. The molecule has 6 heteroatoms. The Kier molecular flexibility index (Phi) is 4.58. The number of hydrogen-bond donors (Lipinski definition) is 1. The highest BCUT2D eigenvalue weighted by atomic mass is 35.5. The smallest absolute Gasteiger partial charge is 0.238 e. The summed E-state index contributed by atoms with van der Waals surface area (Å²) in [5.41, 5.74) is 1.26. The second-order valence-corrected chi connectivity index (χ2v) is 4.73.